The van der Waals surface area contributed by atoms with E-state index in [1.807, 2.05) is 0 Å². The quantitative estimate of drug-likeness (QED) is 0.649. The first-order valence-corrected chi connectivity index (χ1v) is 6.10. The van der Waals surface area contributed by atoms with Crippen LogP contribution in [0.2, 0.25) is 0 Å². The van der Waals surface area contributed by atoms with Crippen LogP contribution < -0.4 is 5.73 Å². The van der Waals surface area contributed by atoms with E-state index >= 15 is 0 Å². The van der Waals surface area contributed by atoms with Crippen molar-refractivity contribution in [3.05, 3.63) is 0 Å². The summed E-state index contributed by atoms with van der Waals surface area (Å²) in [6.45, 7) is 2.26. The van der Waals surface area contributed by atoms with Gasteiger partial charge in [0, 0.05) is 6.04 Å². The van der Waals surface area contributed by atoms with Gasteiger partial charge in [0.05, 0.1) is 0 Å². The maximum Gasteiger partial charge on any atom is 0.00671 e. The molecule has 78 valence electrons. The third kappa shape index (κ3) is 4.12. The van der Waals surface area contributed by atoms with Gasteiger partial charge in [-0.15, -0.1) is 0 Å². The molecule has 1 saturated carbocycles. The van der Waals surface area contributed by atoms with Crippen LogP contribution in [0.25, 0.3) is 0 Å². The Morgan fingerprint density at radius 3 is 2.46 bits per heavy atom. The molecule has 2 N–H and O–H groups in total. The lowest BCUT2D eigenvalue weighted by Crippen LogP contribution is -2.31. The van der Waals surface area contributed by atoms with Gasteiger partial charge in [-0.25, -0.2) is 0 Å². The minimum atomic E-state index is 0.506. The molecule has 0 bridgehead atoms. The molecule has 1 heteroatoms. The summed E-state index contributed by atoms with van der Waals surface area (Å²) in [5.41, 5.74) is 6.19. The van der Waals surface area contributed by atoms with Crippen LogP contribution in [-0.2, 0) is 0 Å². The summed E-state index contributed by atoms with van der Waals surface area (Å²) in [5.74, 6) is 0.852. The van der Waals surface area contributed by atoms with E-state index in [0.29, 0.717) is 6.04 Å². The largest absolute Gasteiger partial charge is 0.327 e. The van der Waals surface area contributed by atoms with Crippen molar-refractivity contribution >= 4 is 0 Å². The van der Waals surface area contributed by atoms with Gasteiger partial charge in [0.15, 0.2) is 0 Å². The molecule has 0 heterocycles. The van der Waals surface area contributed by atoms with Gasteiger partial charge in [0.25, 0.3) is 0 Å². The highest BCUT2D eigenvalue weighted by Crippen LogP contribution is 2.27. The van der Waals surface area contributed by atoms with Gasteiger partial charge in [-0.05, 0) is 25.2 Å². The van der Waals surface area contributed by atoms with Crippen LogP contribution in [0.1, 0.15) is 64.7 Å². The molecule has 1 fully saturated rings. The van der Waals surface area contributed by atoms with Gasteiger partial charge >= 0.3 is 0 Å². The number of unbranched alkanes of at least 4 members (excludes halogenated alkanes) is 2. The monoisotopic (exact) mass is 183 g/mol. The molecule has 13 heavy (non-hydrogen) atoms. The Morgan fingerprint density at radius 1 is 1.15 bits per heavy atom. The second-order valence-corrected chi connectivity index (χ2v) is 4.56. The number of hydrogen-bond acceptors (Lipinski definition) is 1. The van der Waals surface area contributed by atoms with Gasteiger partial charge in [-0.1, -0.05) is 45.4 Å². The highest BCUT2D eigenvalue weighted by atomic mass is 14.6. The molecule has 1 aliphatic carbocycles. The van der Waals surface area contributed by atoms with E-state index in [1.54, 1.807) is 0 Å². The third-order valence-electron chi connectivity index (χ3n) is 3.40. The van der Waals surface area contributed by atoms with Crippen molar-refractivity contribution < 1.29 is 0 Å². The Morgan fingerprint density at radius 2 is 1.85 bits per heavy atom. The Hall–Kier alpha value is -0.0400. The molecule has 1 aliphatic rings. The van der Waals surface area contributed by atoms with Crippen LogP contribution in [0, 0.1) is 5.92 Å². The van der Waals surface area contributed by atoms with Crippen LogP contribution in [0.4, 0.5) is 0 Å². The topological polar surface area (TPSA) is 26.0 Å². The van der Waals surface area contributed by atoms with Crippen molar-refractivity contribution in [2.75, 3.05) is 0 Å². The van der Waals surface area contributed by atoms with E-state index in [2.05, 4.69) is 6.92 Å². The molecule has 1 atom stereocenters. The zero-order chi connectivity index (χ0) is 9.52. The molecule has 1 nitrogen and oxygen atoms in total. The average Bonchev–Trinajstić information content (AvgIpc) is 2.19. The lowest BCUT2D eigenvalue weighted by Gasteiger charge is -2.27. The van der Waals surface area contributed by atoms with Crippen LogP contribution in [0.5, 0.6) is 0 Å². The SMILES string of the molecule is CCCCCC(N)C1CCCCC1. The summed E-state index contributed by atoms with van der Waals surface area (Å²) in [6, 6.07) is 0.506. The van der Waals surface area contributed by atoms with Crippen molar-refractivity contribution in [3.8, 4) is 0 Å². The van der Waals surface area contributed by atoms with E-state index in [9.17, 15) is 0 Å². The number of hydrogen-bond donors (Lipinski definition) is 1. The van der Waals surface area contributed by atoms with Gasteiger partial charge in [0.2, 0.25) is 0 Å². The van der Waals surface area contributed by atoms with Crippen molar-refractivity contribution in [3.63, 3.8) is 0 Å². The summed E-state index contributed by atoms with van der Waals surface area (Å²) in [6.07, 6.45) is 12.4. The van der Waals surface area contributed by atoms with Crippen molar-refractivity contribution in [2.24, 2.45) is 11.7 Å². The molecule has 0 aromatic heterocycles. The third-order valence-corrected chi connectivity index (χ3v) is 3.40. The first kappa shape index (κ1) is 11.0. The lowest BCUT2D eigenvalue weighted by molar-refractivity contribution is 0.290. The lowest BCUT2D eigenvalue weighted by atomic mass is 9.82. The molecule has 0 aliphatic heterocycles. The fourth-order valence-corrected chi connectivity index (χ4v) is 2.43. The van der Waals surface area contributed by atoms with E-state index in [-0.39, 0.29) is 0 Å². The van der Waals surface area contributed by atoms with Crippen LogP contribution in [-0.4, -0.2) is 6.04 Å². The van der Waals surface area contributed by atoms with Gasteiger partial charge < -0.3 is 5.73 Å². The van der Waals surface area contributed by atoms with Crippen LogP contribution >= 0.6 is 0 Å². The molecular weight excluding hydrogens is 158 g/mol. The van der Waals surface area contributed by atoms with Crippen molar-refractivity contribution in [1.82, 2.24) is 0 Å². The van der Waals surface area contributed by atoms with Crippen molar-refractivity contribution in [1.29, 1.82) is 0 Å². The molecular formula is C12H25N. The number of nitrogens with two attached hydrogens (primary N) is 1. The predicted octanol–water partition coefficient (Wildman–Crippen LogP) is 3.47. The van der Waals surface area contributed by atoms with Crippen LogP contribution in [0.3, 0.4) is 0 Å². The molecule has 0 amide bonds. The van der Waals surface area contributed by atoms with Gasteiger partial charge in [-0.2, -0.15) is 0 Å². The minimum absolute atomic E-state index is 0.506. The zero-order valence-electron chi connectivity index (χ0n) is 9.10. The van der Waals surface area contributed by atoms with E-state index in [4.69, 9.17) is 5.73 Å². The summed E-state index contributed by atoms with van der Waals surface area (Å²) in [5, 5.41) is 0. The summed E-state index contributed by atoms with van der Waals surface area (Å²) < 4.78 is 0. The Kier molecular flexibility index (Phi) is 5.45. The maximum atomic E-state index is 6.19. The summed E-state index contributed by atoms with van der Waals surface area (Å²) in [7, 11) is 0. The molecule has 0 aromatic rings. The molecule has 0 radical (unpaired) electrons. The minimum Gasteiger partial charge on any atom is -0.327 e. The second-order valence-electron chi connectivity index (χ2n) is 4.56. The Bertz CT molecular complexity index is 116. The first-order valence-electron chi connectivity index (χ1n) is 6.10. The second kappa shape index (κ2) is 6.42. The maximum absolute atomic E-state index is 6.19. The molecule has 1 unspecified atom stereocenters. The smallest absolute Gasteiger partial charge is 0.00671 e. The van der Waals surface area contributed by atoms with E-state index < -0.39 is 0 Å². The molecule has 0 aromatic carbocycles. The van der Waals surface area contributed by atoms with Gasteiger partial charge in [0.1, 0.15) is 0 Å². The normalized spacial score (nSPS) is 21.7. The van der Waals surface area contributed by atoms with Crippen molar-refractivity contribution in [2.45, 2.75) is 70.8 Å². The summed E-state index contributed by atoms with van der Waals surface area (Å²) >= 11 is 0. The standard InChI is InChI=1S/C12H25N/c1-2-3-5-10-12(13)11-8-6-4-7-9-11/h11-12H,2-10,13H2,1H3. The highest BCUT2D eigenvalue weighted by molar-refractivity contribution is 4.76. The summed E-state index contributed by atoms with van der Waals surface area (Å²) in [4.78, 5) is 0. The van der Waals surface area contributed by atoms with E-state index in [1.165, 1.54) is 57.8 Å². The molecule has 0 spiro atoms. The van der Waals surface area contributed by atoms with E-state index in [0.717, 1.165) is 5.92 Å². The molecule has 0 saturated heterocycles. The Labute approximate surface area is 83.1 Å². The zero-order valence-corrected chi connectivity index (χ0v) is 9.10. The van der Waals surface area contributed by atoms with Gasteiger partial charge in [-0.3, -0.25) is 0 Å². The average molecular weight is 183 g/mol. The fourth-order valence-electron chi connectivity index (χ4n) is 2.43. The highest BCUT2D eigenvalue weighted by Gasteiger charge is 2.19. The molecule has 1 rings (SSSR count). The predicted molar refractivity (Wildman–Crippen MR) is 58.7 cm³/mol. The number of rotatable bonds is 5. The van der Waals surface area contributed by atoms with Crippen LogP contribution in [0.15, 0.2) is 0 Å². The Balaban J connectivity index is 2.09. The fraction of sp³-hybridized carbons (Fsp3) is 1.00. The first-order chi connectivity index (χ1) is 6.34.